The molecule has 0 aliphatic carbocycles. The molecular weight excluding hydrogens is 432 g/mol. The molecule has 0 saturated carbocycles. The van der Waals surface area contributed by atoms with Gasteiger partial charge in [-0.05, 0) is 24.6 Å². The number of carbonyl (C=O) groups is 2. The first kappa shape index (κ1) is 21.6. The van der Waals surface area contributed by atoms with Crippen LogP contribution in [0.2, 0.25) is 0 Å². The van der Waals surface area contributed by atoms with Gasteiger partial charge in [0.15, 0.2) is 0 Å². The number of thiazole rings is 1. The average Bonchev–Trinajstić information content (AvgIpc) is 3.41. The first-order valence-electron chi connectivity index (χ1n) is 11.3. The molecule has 5 rings (SSSR count). The second kappa shape index (κ2) is 8.98. The fourth-order valence-electron chi connectivity index (χ4n) is 5.09. The maximum atomic E-state index is 13.2. The Morgan fingerprint density at radius 1 is 1.06 bits per heavy atom. The average molecular weight is 461 g/mol. The molecule has 7 heteroatoms. The van der Waals surface area contributed by atoms with Gasteiger partial charge in [0.1, 0.15) is 4.88 Å². The second-order valence-electron chi connectivity index (χ2n) is 9.17. The van der Waals surface area contributed by atoms with Gasteiger partial charge < -0.3 is 15.1 Å². The summed E-state index contributed by atoms with van der Waals surface area (Å²) in [6, 6.07) is 20.2. The van der Waals surface area contributed by atoms with Crippen LogP contribution in [0, 0.1) is 18.3 Å². The molecule has 1 unspecified atom stereocenters. The van der Waals surface area contributed by atoms with Crippen LogP contribution in [0.3, 0.4) is 0 Å². The molecule has 1 aromatic heterocycles. The van der Waals surface area contributed by atoms with E-state index in [1.165, 1.54) is 17.0 Å². The number of aromatic nitrogens is 1. The van der Waals surface area contributed by atoms with E-state index in [1.807, 2.05) is 48.2 Å². The Kier molecular flexibility index (Phi) is 5.89. The number of nitrogens with one attached hydrogen (secondary N) is 1. The van der Waals surface area contributed by atoms with Crippen LogP contribution in [-0.4, -0.2) is 54.4 Å². The van der Waals surface area contributed by atoms with E-state index in [0.717, 1.165) is 29.2 Å². The minimum atomic E-state index is -0.00980. The van der Waals surface area contributed by atoms with Crippen molar-refractivity contribution in [1.82, 2.24) is 15.2 Å². The van der Waals surface area contributed by atoms with E-state index in [1.54, 1.807) is 5.51 Å². The van der Waals surface area contributed by atoms with Gasteiger partial charge >= 0.3 is 0 Å². The number of hydrogen-bond donors (Lipinski definition) is 1. The normalized spacial score (nSPS) is 18.9. The van der Waals surface area contributed by atoms with Crippen LogP contribution in [0.5, 0.6) is 0 Å². The number of rotatable bonds is 6. The lowest BCUT2D eigenvalue weighted by Gasteiger charge is -2.52. The number of hydrogen-bond acceptors (Lipinski definition) is 5. The summed E-state index contributed by atoms with van der Waals surface area (Å²) < 4.78 is 0. The zero-order valence-electron chi connectivity index (χ0n) is 18.7. The van der Waals surface area contributed by atoms with Crippen LogP contribution in [0.1, 0.15) is 20.9 Å². The van der Waals surface area contributed by atoms with Crippen molar-refractivity contribution in [3.05, 3.63) is 82.3 Å². The molecule has 2 aromatic carbocycles. The van der Waals surface area contributed by atoms with E-state index in [4.69, 9.17) is 0 Å². The van der Waals surface area contributed by atoms with Crippen molar-refractivity contribution in [2.45, 2.75) is 13.3 Å². The van der Waals surface area contributed by atoms with E-state index >= 15 is 0 Å². The van der Waals surface area contributed by atoms with Crippen molar-refractivity contribution in [3.8, 4) is 0 Å². The zero-order valence-corrected chi connectivity index (χ0v) is 19.6. The second-order valence-corrected chi connectivity index (χ2v) is 10.0. The summed E-state index contributed by atoms with van der Waals surface area (Å²) >= 11 is 1.41. The van der Waals surface area contributed by atoms with Gasteiger partial charge in [0, 0.05) is 49.7 Å². The summed E-state index contributed by atoms with van der Waals surface area (Å²) in [6.45, 7) is 5.62. The summed E-state index contributed by atoms with van der Waals surface area (Å²) in [5, 5.41) is 3.15. The largest absolute Gasteiger partial charge is 0.370 e. The quantitative estimate of drug-likeness (QED) is 0.613. The summed E-state index contributed by atoms with van der Waals surface area (Å²) in [6.07, 6.45) is 0.374. The molecule has 33 heavy (non-hydrogen) atoms. The highest BCUT2D eigenvalue weighted by atomic mass is 32.1. The van der Waals surface area contributed by atoms with E-state index in [2.05, 4.69) is 39.5 Å². The lowest BCUT2D eigenvalue weighted by atomic mass is 9.71. The third-order valence-corrected chi connectivity index (χ3v) is 7.84. The van der Waals surface area contributed by atoms with Crippen molar-refractivity contribution >= 4 is 28.8 Å². The maximum absolute atomic E-state index is 13.2. The first-order chi connectivity index (χ1) is 16.0. The number of benzene rings is 2. The van der Waals surface area contributed by atoms with Gasteiger partial charge in [-0.2, -0.15) is 0 Å². The Balaban J connectivity index is 1.28. The minimum absolute atomic E-state index is 0.00980. The van der Waals surface area contributed by atoms with Gasteiger partial charge in [0.2, 0.25) is 5.91 Å². The van der Waals surface area contributed by atoms with E-state index in [-0.39, 0.29) is 23.1 Å². The van der Waals surface area contributed by atoms with Crippen LogP contribution >= 0.6 is 11.3 Å². The van der Waals surface area contributed by atoms with E-state index < -0.39 is 0 Å². The summed E-state index contributed by atoms with van der Waals surface area (Å²) in [5.41, 5.74) is 4.73. The van der Waals surface area contributed by atoms with Crippen LogP contribution in [0.4, 0.5) is 5.69 Å². The van der Waals surface area contributed by atoms with Gasteiger partial charge in [0.05, 0.1) is 17.6 Å². The molecule has 1 N–H and O–H groups in total. The molecule has 170 valence electrons. The SMILES string of the molecule is Cc1ncsc1C(=O)N1CC(CNC(=O)Cc2ccccc2)C2(C1)CN(c1ccccc1)C2. The highest BCUT2D eigenvalue weighted by Crippen LogP contribution is 2.46. The number of carbonyl (C=O) groups excluding carboxylic acids is 2. The van der Waals surface area contributed by atoms with Gasteiger partial charge in [-0.3, -0.25) is 9.59 Å². The molecule has 2 aliphatic heterocycles. The molecule has 2 fully saturated rings. The molecule has 2 saturated heterocycles. The number of aryl methyl sites for hydroxylation is 1. The fraction of sp³-hybridized carbons (Fsp3) is 0.346. The van der Waals surface area contributed by atoms with Crippen molar-refractivity contribution in [2.24, 2.45) is 11.3 Å². The lowest BCUT2D eigenvalue weighted by Crippen LogP contribution is -2.62. The van der Waals surface area contributed by atoms with Crippen LogP contribution < -0.4 is 10.2 Å². The number of para-hydroxylation sites is 1. The Morgan fingerprint density at radius 2 is 1.76 bits per heavy atom. The topological polar surface area (TPSA) is 65.5 Å². The lowest BCUT2D eigenvalue weighted by molar-refractivity contribution is -0.120. The monoisotopic (exact) mass is 460 g/mol. The summed E-state index contributed by atoms with van der Waals surface area (Å²) in [4.78, 5) is 35.1. The summed E-state index contributed by atoms with van der Waals surface area (Å²) in [5.74, 6) is 0.304. The molecule has 0 bridgehead atoms. The third kappa shape index (κ3) is 4.37. The minimum Gasteiger partial charge on any atom is -0.370 e. The Labute approximate surface area is 198 Å². The molecule has 6 nitrogen and oxygen atoms in total. The standard InChI is InChI=1S/C26H28N4O2S/c1-19-24(33-18-28-19)25(32)29-14-21(13-27-23(31)12-20-8-4-2-5-9-20)26(15-29)16-30(17-26)22-10-6-3-7-11-22/h2-11,18,21H,12-17H2,1H3,(H,27,31). The first-order valence-corrected chi connectivity index (χ1v) is 12.2. The smallest absolute Gasteiger partial charge is 0.265 e. The maximum Gasteiger partial charge on any atom is 0.265 e. The predicted molar refractivity (Wildman–Crippen MR) is 130 cm³/mol. The van der Waals surface area contributed by atoms with Crippen LogP contribution in [0.25, 0.3) is 0 Å². The molecule has 3 heterocycles. The van der Waals surface area contributed by atoms with Gasteiger partial charge in [0.25, 0.3) is 5.91 Å². The van der Waals surface area contributed by atoms with Crippen molar-refractivity contribution < 1.29 is 9.59 Å². The Hall–Kier alpha value is -3.19. The van der Waals surface area contributed by atoms with Gasteiger partial charge in [-0.25, -0.2) is 4.98 Å². The summed E-state index contributed by atoms with van der Waals surface area (Å²) in [7, 11) is 0. The molecule has 2 amide bonds. The predicted octanol–water partition coefficient (Wildman–Crippen LogP) is 3.39. The highest BCUT2D eigenvalue weighted by Gasteiger charge is 2.55. The highest BCUT2D eigenvalue weighted by molar-refractivity contribution is 7.11. The van der Waals surface area contributed by atoms with E-state index in [9.17, 15) is 9.59 Å². The van der Waals surface area contributed by atoms with Crippen LogP contribution in [-0.2, 0) is 11.2 Å². The number of likely N-dealkylation sites (tertiary alicyclic amines) is 1. The molecular formula is C26H28N4O2S. The van der Waals surface area contributed by atoms with Crippen LogP contribution in [0.15, 0.2) is 66.2 Å². The Bertz CT molecular complexity index is 1130. The zero-order chi connectivity index (χ0) is 22.8. The van der Waals surface area contributed by atoms with Gasteiger partial charge in [-0.1, -0.05) is 48.5 Å². The number of anilines is 1. The van der Waals surface area contributed by atoms with Crippen molar-refractivity contribution in [2.75, 3.05) is 37.6 Å². The van der Waals surface area contributed by atoms with Crippen molar-refractivity contribution in [3.63, 3.8) is 0 Å². The van der Waals surface area contributed by atoms with E-state index in [0.29, 0.717) is 26.1 Å². The number of amides is 2. The third-order valence-electron chi connectivity index (χ3n) is 6.93. The molecule has 1 atom stereocenters. The number of nitrogens with zero attached hydrogens (tertiary/aromatic N) is 3. The van der Waals surface area contributed by atoms with Gasteiger partial charge in [-0.15, -0.1) is 11.3 Å². The molecule has 3 aromatic rings. The fourth-order valence-corrected chi connectivity index (χ4v) is 5.86. The molecule has 0 radical (unpaired) electrons. The molecule has 2 aliphatic rings. The molecule has 1 spiro atoms. The Morgan fingerprint density at radius 3 is 2.42 bits per heavy atom. The van der Waals surface area contributed by atoms with Crippen molar-refractivity contribution in [1.29, 1.82) is 0 Å².